The SMILES string of the molecule is O=C(O)c1coc(C(=O)N2CCOC3(CCc4ccccc43)C2)c1. The molecule has 0 bridgehead atoms. The van der Waals surface area contributed by atoms with E-state index < -0.39 is 11.6 Å². The zero-order valence-electron chi connectivity index (χ0n) is 13.0. The molecule has 2 aliphatic rings. The van der Waals surface area contributed by atoms with Crippen LogP contribution >= 0.6 is 0 Å². The predicted molar refractivity (Wildman–Crippen MR) is 84.0 cm³/mol. The Kier molecular flexibility index (Phi) is 3.42. The summed E-state index contributed by atoms with van der Waals surface area (Å²) >= 11 is 0. The number of nitrogens with zero attached hydrogens (tertiary/aromatic N) is 1. The highest BCUT2D eigenvalue weighted by Crippen LogP contribution is 2.42. The minimum Gasteiger partial charge on any atom is -0.478 e. The molecule has 1 spiro atoms. The molecule has 2 heterocycles. The second kappa shape index (κ2) is 5.49. The van der Waals surface area contributed by atoms with Crippen LogP contribution in [-0.4, -0.2) is 41.6 Å². The van der Waals surface area contributed by atoms with Gasteiger partial charge in [0.15, 0.2) is 5.76 Å². The number of carboxylic acids is 1. The molecule has 24 heavy (non-hydrogen) atoms. The number of amides is 1. The number of carbonyl (C=O) groups is 2. The molecule has 1 saturated heterocycles. The third kappa shape index (κ3) is 2.30. The van der Waals surface area contributed by atoms with Crippen molar-refractivity contribution in [3.63, 3.8) is 0 Å². The molecule has 1 aliphatic carbocycles. The summed E-state index contributed by atoms with van der Waals surface area (Å²) in [4.78, 5) is 25.3. The zero-order chi connectivity index (χ0) is 16.7. The first kappa shape index (κ1) is 15.0. The lowest BCUT2D eigenvalue weighted by molar-refractivity contribution is -0.104. The number of aromatic carboxylic acids is 1. The van der Waals surface area contributed by atoms with E-state index in [0.29, 0.717) is 19.7 Å². The van der Waals surface area contributed by atoms with Crippen LogP contribution in [0.2, 0.25) is 0 Å². The fourth-order valence-corrected chi connectivity index (χ4v) is 3.64. The minimum atomic E-state index is -1.11. The standard InChI is InChI=1S/C18H17NO5/c20-16(15-9-13(10-23-15)17(21)22)19-7-8-24-18(11-19)6-5-12-3-1-2-4-14(12)18/h1-4,9-10H,5-8,11H2,(H,21,22). The number of morpholine rings is 1. The van der Waals surface area contributed by atoms with E-state index >= 15 is 0 Å². The van der Waals surface area contributed by atoms with Gasteiger partial charge in [0.1, 0.15) is 11.9 Å². The highest BCUT2D eigenvalue weighted by Gasteiger charge is 2.44. The van der Waals surface area contributed by atoms with Crippen LogP contribution in [0.3, 0.4) is 0 Å². The third-order valence-electron chi connectivity index (χ3n) is 4.84. The van der Waals surface area contributed by atoms with Crippen molar-refractivity contribution in [3.8, 4) is 0 Å². The molecule has 4 rings (SSSR count). The van der Waals surface area contributed by atoms with Gasteiger partial charge >= 0.3 is 5.97 Å². The number of rotatable bonds is 2. The number of aryl methyl sites for hydroxylation is 1. The van der Waals surface area contributed by atoms with Gasteiger partial charge in [0.05, 0.1) is 18.7 Å². The first-order chi connectivity index (χ1) is 11.6. The van der Waals surface area contributed by atoms with Gasteiger partial charge in [-0.05, 0) is 24.0 Å². The maximum Gasteiger partial charge on any atom is 0.338 e. The Labute approximate surface area is 138 Å². The first-order valence-corrected chi connectivity index (χ1v) is 7.92. The van der Waals surface area contributed by atoms with Gasteiger partial charge in [-0.1, -0.05) is 24.3 Å². The lowest BCUT2D eigenvalue weighted by atomic mass is 9.93. The van der Waals surface area contributed by atoms with Gasteiger partial charge in [0, 0.05) is 12.6 Å². The average Bonchev–Trinajstić information content (AvgIpc) is 3.21. The van der Waals surface area contributed by atoms with Crippen LogP contribution in [0.4, 0.5) is 0 Å². The van der Waals surface area contributed by atoms with E-state index in [-0.39, 0.29) is 17.2 Å². The fourth-order valence-electron chi connectivity index (χ4n) is 3.64. The maximum atomic E-state index is 12.7. The van der Waals surface area contributed by atoms with Crippen molar-refractivity contribution in [3.05, 3.63) is 59.0 Å². The molecule has 124 valence electrons. The maximum absolute atomic E-state index is 12.7. The summed E-state index contributed by atoms with van der Waals surface area (Å²) in [6, 6.07) is 9.43. The van der Waals surface area contributed by atoms with E-state index in [1.807, 2.05) is 12.1 Å². The quantitative estimate of drug-likeness (QED) is 0.915. The smallest absolute Gasteiger partial charge is 0.338 e. The molecule has 1 aliphatic heterocycles. The monoisotopic (exact) mass is 327 g/mol. The van der Waals surface area contributed by atoms with Gasteiger partial charge < -0.3 is 19.2 Å². The van der Waals surface area contributed by atoms with Crippen molar-refractivity contribution < 1.29 is 23.8 Å². The molecule has 2 aromatic rings. The number of hydrogen-bond acceptors (Lipinski definition) is 4. The summed E-state index contributed by atoms with van der Waals surface area (Å²) in [5.74, 6) is -1.36. The zero-order valence-corrected chi connectivity index (χ0v) is 13.0. The van der Waals surface area contributed by atoms with Crippen LogP contribution in [-0.2, 0) is 16.8 Å². The van der Waals surface area contributed by atoms with E-state index in [1.54, 1.807) is 4.90 Å². The fraction of sp³-hybridized carbons (Fsp3) is 0.333. The van der Waals surface area contributed by atoms with E-state index in [0.717, 1.165) is 24.7 Å². The number of hydrogen-bond donors (Lipinski definition) is 1. The van der Waals surface area contributed by atoms with Crippen molar-refractivity contribution >= 4 is 11.9 Å². The minimum absolute atomic E-state index is 0.0208. The Bertz CT molecular complexity index is 807. The third-order valence-corrected chi connectivity index (χ3v) is 4.84. The molecule has 1 N–H and O–H groups in total. The molecule has 6 heteroatoms. The lowest BCUT2D eigenvalue weighted by Gasteiger charge is -2.40. The highest BCUT2D eigenvalue weighted by atomic mass is 16.5. The van der Waals surface area contributed by atoms with E-state index in [1.165, 1.54) is 11.6 Å². The molecule has 0 saturated carbocycles. The Balaban J connectivity index is 1.59. The van der Waals surface area contributed by atoms with Gasteiger partial charge in [-0.3, -0.25) is 4.79 Å². The molecular weight excluding hydrogens is 310 g/mol. The van der Waals surface area contributed by atoms with Crippen molar-refractivity contribution in [2.75, 3.05) is 19.7 Å². The Morgan fingerprint density at radius 2 is 2.08 bits per heavy atom. The van der Waals surface area contributed by atoms with Crippen molar-refractivity contribution in [2.45, 2.75) is 18.4 Å². The Hall–Kier alpha value is -2.60. The number of furan rings is 1. The average molecular weight is 327 g/mol. The van der Waals surface area contributed by atoms with E-state index in [4.69, 9.17) is 14.3 Å². The molecule has 1 fully saturated rings. The number of benzene rings is 1. The Morgan fingerprint density at radius 1 is 1.25 bits per heavy atom. The summed E-state index contributed by atoms with van der Waals surface area (Å²) in [6.45, 7) is 1.37. The van der Waals surface area contributed by atoms with Crippen LogP contribution < -0.4 is 0 Å². The largest absolute Gasteiger partial charge is 0.478 e. The Morgan fingerprint density at radius 3 is 2.88 bits per heavy atom. The second-order valence-electron chi connectivity index (χ2n) is 6.23. The van der Waals surface area contributed by atoms with Crippen LogP contribution in [0.25, 0.3) is 0 Å². The van der Waals surface area contributed by atoms with Gasteiger partial charge in [-0.25, -0.2) is 4.79 Å². The summed E-state index contributed by atoms with van der Waals surface area (Å²) in [7, 11) is 0. The molecule has 1 unspecified atom stereocenters. The number of fused-ring (bicyclic) bond motifs is 2. The van der Waals surface area contributed by atoms with Crippen LogP contribution in [0, 0.1) is 0 Å². The summed E-state index contributed by atoms with van der Waals surface area (Å²) < 4.78 is 11.2. The molecule has 1 atom stereocenters. The summed E-state index contributed by atoms with van der Waals surface area (Å²) in [5, 5.41) is 8.96. The van der Waals surface area contributed by atoms with Gasteiger partial charge in [-0.2, -0.15) is 0 Å². The predicted octanol–water partition coefficient (Wildman–Crippen LogP) is 2.29. The molecule has 0 radical (unpaired) electrons. The number of carbonyl (C=O) groups excluding carboxylic acids is 1. The van der Waals surface area contributed by atoms with Gasteiger partial charge in [-0.15, -0.1) is 0 Å². The van der Waals surface area contributed by atoms with Crippen molar-refractivity contribution in [1.29, 1.82) is 0 Å². The van der Waals surface area contributed by atoms with Crippen LogP contribution in [0.1, 0.15) is 38.5 Å². The van der Waals surface area contributed by atoms with Gasteiger partial charge in [0.2, 0.25) is 0 Å². The van der Waals surface area contributed by atoms with E-state index in [9.17, 15) is 9.59 Å². The lowest BCUT2D eigenvalue weighted by Crippen LogP contribution is -2.51. The molecule has 6 nitrogen and oxygen atoms in total. The number of carboxylic acid groups (broad SMARTS) is 1. The summed E-state index contributed by atoms with van der Waals surface area (Å²) in [6.07, 6.45) is 2.87. The molecule has 1 amide bonds. The van der Waals surface area contributed by atoms with E-state index in [2.05, 4.69) is 12.1 Å². The normalized spacial score (nSPS) is 22.6. The van der Waals surface area contributed by atoms with Crippen molar-refractivity contribution in [2.24, 2.45) is 0 Å². The molecular formula is C18H17NO5. The van der Waals surface area contributed by atoms with Crippen molar-refractivity contribution in [1.82, 2.24) is 4.90 Å². The van der Waals surface area contributed by atoms with Crippen LogP contribution in [0.5, 0.6) is 0 Å². The highest BCUT2D eigenvalue weighted by molar-refractivity contribution is 5.95. The molecule has 1 aromatic heterocycles. The van der Waals surface area contributed by atoms with Gasteiger partial charge in [0.25, 0.3) is 5.91 Å². The second-order valence-corrected chi connectivity index (χ2v) is 6.23. The first-order valence-electron chi connectivity index (χ1n) is 7.92. The summed E-state index contributed by atoms with van der Waals surface area (Å²) in [5.41, 5.74) is 1.92. The van der Waals surface area contributed by atoms with Crippen LogP contribution in [0.15, 0.2) is 41.0 Å². The molecule has 1 aromatic carbocycles. The number of ether oxygens (including phenoxy) is 1. The topological polar surface area (TPSA) is 80.0 Å².